The highest BCUT2D eigenvalue weighted by atomic mass is 16.6. The van der Waals surface area contributed by atoms with Crippen LogP contribution < -0.4 is 14.2 Å². The van der Waals surface area contributed by atoms with Crippen LogP contribution in [0.1, 0.15) is 5.56 Å². The Morgan fingerprint density at radius 3 is 2.59 bits per heavy atom. The van der Waals surface area contributed by atoms with E-state index in [4.69, 9.17) is 28.8 Å². The van der Waals surface area contributed by atoms with Gasteiger partial charge in [-0.2, -0.15) is 0 Å². The number of rotatable bonds is 3. The number of carbonyl (C=O) groups is 1. The molecule has 3 heterocycles. The van der Waals surface area contributed by atoms with Crippen LogP contribution in [0.4, 0.5) is 0 Å². The first-order valence-electron chi connectivity index (χ1n) is 9.19. The van der Waals surface area contributed by atoms with Crippen LogP contribution in [-0.4, -0.2) is 87.6 Å². The molecule has 1 N–H and O–H groups in total. The van der Waals surface area contributed by atoms with E-state index in [2.05, 4.69) is 22.9 Å². The lowest BCUT2D eigenvalue weighted by molar-refractivity contribution is -0.122. The zero-order valence-corrected chi connectivity index (χ0v) is 15.9. The first-order chi connectivity index (χ1) is 13.1. The lowest BCUT2D eigenvalue weighted by atomic mass is 10.1. The van der Waals surface area contributed by atoms with Crippen molar-refractivity contribution in [2.45, 2.75) is 12.6 Å². The molecule has 150 valence electrons. The molecule has 0 aliphatic carbocycles. The van der Waals surface area contributed by atoms with E-state index in [1.165, 1.54) is 0 Å². The van der Waals surface area contributed by atoms with Crippen molar-refractivity contribution in [1.82, 2.24) is 9.80 Å². The smallest absolute Gasteiger partial charge is 0.290 e. The molecule has 8 nitrogen and oxygen atoms in total. The van der Waals surface area contributed by atoms with E-state index < -0.39 is 0 Å². The van der Waals surface area contributed by atoms with Crippen molar-refractivity contribution < 1.29 is 28.8 Å². The average Bonchev–Trinajstić information content (AvgIpc) is 2.91. The van der Waals surface area contributed by atoms with Crippen LogP contribution in [0.5, 0.6) is 17.2 Å². The van der Waals surface area contributed by atoms with Crippen LogP contribution in [-0.2, 0) is 16.1 Å². The molecule has 2 bridgehead atoms. The quantitative estimate of drug-likeness (QED) is 0.776. The summed E-state index contributed by atoms with van der Waals surface area (Å²) in [5.41, 5.74) is 1.15. The first kappa shape index (κ1) is 19.7. The van der Waals surface area contributed by atoms with E-state index in [1.807, 2.05) is 6.07 Å². The second-order valence-electron chi connectivity index (χ2n) is 7.12. The van der Waals surface area contributed by atoms with E-state index in [-0.39, 0.29) is 6.47 Å². The molecule has 1 aromatic carbocycles. The van der Waals surface area contributed by atoms with Gasteiger partial charge in [-0.3, -0.25) is 9.69 Å². The summed E-state index contributed by atoms with van der Waals surface area (Å²) in [6.45, 7) is 6.66. The van der Waals surface area contributed by atoms with Crippen LogP contribution >= 0.6 is 0 Å². The summed E-state index contributed by atoms with van der Waals surface area (Å²) in [6, 6.07) is 4.45. The summed E-state index contributed by atoms with van der Waals surface area (Å²) in [7, 11) is 3.92. The number of carboxylic acid groups (broad SMARTS) is 1. The summed E-state index contributed by atoms with van der Waals surface area (Å²) in [5.74, 6) is 3.03. The summed E-state index contributed by atoms with van der Waals surface area (Å²) in [4.78, 5) is 13.3. The van der Waals surface area contributed by atoms with E-state index in [0.717, 1.165) is 62.2 Å². The number of fused-ring (bicyclic) bond motifs is 4. The monoisotopic (exact) mass is 380 g/mol. The number of benzene rings is 1. The minimum atomic E-state index is -0.250. The van der Waals surface area contributed by atoms with Gasteiger partial charge in [0.1, 0.15) is 19.0 Å². The molecule has 0 spiro atoms. The molecule has 0 aromatic heterocycles. The van der Waals surface area contributed by atoms with Crippen LogP contribution in [0.3, 0.4) is 0 Å². The summed E-state index contributed by atoms with van der Waals surface area (Å²) in [6.07, 6.45) is 0. The van der Waals surface area contributed by atoms with Gasteiger partial charge in [0.15, 0.2) is 11.5 Å². The molecular formula is C19H28N2O6. The lowest BCUT2D eigenvalue weighted by Crippen LogP contribution is -2.42. The maximum atomic E-state index is 8.36. The summed E-state index contributed by atoms with van der Waals surface area (Å²) < 4.78 is 22.9. The first-order valence-corrected chi connectivity index (χ1v) is 9.19. The van der Waals surface area contributed by atoms with E-state index in [9.17, 15) is 0 Å². The predicted octanol–water partition coefficient (Wildman–Crippen LogP) is 0.930. The molecule has 0 saturated carbocycles. The highest BCUT2D eigenvalue weighted by molar-refractivity contribution is 5.51. The fraction of sp³-hybridized carbons (Fsp3) is 0.632. The predicted molar refractivity (Wildman–Crippen MR) is 98.7 cm³/mol. The Morgan fingerprint density at radius 2 is 1.89 bits per heavy atom. The minimum Gasteiger partial charge on any atom is -0.496 e. The molecule has 3 aliphatic rings. The third-order valence-electron chi connectivity index (χ3n) is 5.08. The van der Waals surface area contributed by atoms with E-state index in [1.54, 1.807) is 7.11 Å². The van der Waals surface area contributed by atoms with Crippen LogP contribution in [0, 0.1) is 5.92 Å². The molecule has 3 aliphatic heterocycles. The van der Waals surface area contributed by atoms with Gasteiger partial charge in [0, 0.05) is 49.8 Å². The molecule has 0 radical (unpaired) electrons. The Morgan fingerprint density at radius 1 is 1.19 bits per heavy atom. The number of ether oxygens (including phenoxy) is 4. The van der Waals surface area contributed by atoms with Gasteiger partial charge in [0.25, 0.3) is 6.47 Å². The fourth-order valence-corrected chi connectivity index (χ4v) is 4.00. The van der Waals surface area contributed by atoms with Gasteiger partial charge in [-0.05, 0) is 13.1 Å². The molecule has 0 unspecified atom stereocenters. The number of hydrogen-bond acceptors (Lipinski definition) is 7. The molecule has 0 amide bonds. The van der Waals surface area contributed by atoms with Crippen LogP contribution in [0.15, 0.2) is 12.1 Å². The van der Waals surface area contributed by atoms with Crippen molar-refractivity contribution in [3.8, 4) is 17.2 Å². The van der Waals surface area contributed by atoms with Crippen molar-refractivity contribution in [1.29, 1.82) is 0 Å². The number of nitrogens with zero attached hydrogens (tertiary/aromatic N) is 2. The van der Waals surface area contributed by atoms with Crippen LogP contribution in [0.25, 0.3) is 0 Å². The highest BCUT2D eigenvalue weighted by Gasteiger charge is 2.32. The maximum Gasteiger partial charge on any atom is 0.290 e. The normalized spacial score (nSPS) is 25.0. The summed E-state index contributed by atoms with van der Waals surface area (Å²) in [5, 5.41) is 6.89. The second kappa shape index (κ2) is 9.25. The van der Waals surface area contributed by atoms with Gasteiger partial charge in [-0.25, -0.2) is 0 Å². The molecule has 8 heteroatoms. The Labute approximate surface area is 159 Å². The van der Waals surface area contributed by atoms with Crippen LogP contribution in [0.2, 0.25) is 0 Å². The summed E-state index contributed by atoms with van der Waals surface area (Å²) >= 11 is 0. The lowest BCUT2D eigenvalue weighted by Gasteiger charge is -2.30. The fourth-order valence-electron chi connectivity index (χ4n) is 4.00. The van der Waals surface area contributed by atoms with E-state index in [0.29, 0.717) is 25.2 Å². The Bertz CT molecular complexity index is 641. The molecule has 4 rings (SSSR count). The van der Waals surface area contributed by atoms with Gasteiger partial charge in [-0.1, -0.05) is 0 Å². The van der Waals surface area contributed by atoms with Gasteiger partial charge in [-0.15, -0.1) is 0 Å². The Balaban J connectivity index is 0.000000659. The largest absolute Gasteiger partial charge is 0.496 e. The molecular weight excluding hydrogens is 352 g/mol. The topological polar surface area (TPSA) is 80.7 Å². The van der Waals surface area contributed by atoms with Gasteiger partial charge in [0.05, 0.1) is 20.3 Å². The van der Waals surface area contributed by atoms with Gasteiger partial charge >= 0.3 is 0 Å². The molecule has 27 heavy (non-hydrogen) atoms. The third-order valence-corrected chi connectivity index (χ3v) is 5.08. The standard InChI is InChI=1S/C18H26N2O4.CH2O2/c1-19-7-13-8-20(15(10-19)12-22-11-13)9-14-5-17-18(6-16(14)21-2)24-4-3-23-17;2-1-3/h5-6,13,15H,3-4,7-12H2,1-2H3;1H,(H,2,3)/t13-,15-;/m0./s1. The number of hydrogen-bond donors (Lipinski definition) is 1. The number of likely N-dealkylation sites (N-methyl/N-ethyl adjacent to an activating group) is 1. The van der Waals surface area contributed by atoms with Crippen molar-refractivity contribution in [2.75, 3.05) is 60.2 Å². The number of methoxy groups -OCH3 is 1. The van der Waals surface area contributed by atoms with Crippen molar-refractivity contribution >= 4 is 6.47 Å². The zero-order chi connectivity index (χ0) is 19.2. The third kappa shape index (κ3) is 4.82. The Kier molecular flexibility index (Phi) is 6.76. The molecule has 2 saturated heterocycles. The zero-order valence-electron chi connectivity index (χ0n) is 15.9. The minimum absolute atomic E-state index is 0.250. The van der Waals surface area contributed by atoms with E-state index >= 15 is 0 Å². The molecule has 1 aromatic rings. The maximum absolute atomic E-state index is 8.36. The van der Waals surface area contributed by atoms with Crippen molar-refractivity contribution in [3.05, 3.63) is 17.7 Å². The highest BCUT2D eigenvalue weighted by Crippen LogP contribution is 2.37. The SMILES string of the molecule is COc1cc2c(cc1CN1C[C@H]3COC[C@@H]1CN(C)C3)OCCO2.O=CO. The van der Waals surface area contributed by atoms with Gasteiger partial charge in [0.2, 0.25) is 0 Å². The molecule has 2 fully saturated rings. The second-order valence-corrected chi connectivity index (χ2v) is 7.12. The van der Waals surface area contributed by atoms with Crippen molar-refractivity contribution in [3.63, 3.8) is 0 Å². The molecule has 2 atom stereocenters. The van der Waals surface area contributed by atoms with Crippen molar-refractivity contribution in [2.24, 2.45) is 5.92 Å². The average molecular weight is 380 g/mol. The van der Waals surface area contributed by atoms with Gasteiger partial charge < -0.3 is 29.0 Å². The Hall–Kier alpha value is -2.03.